The average Bonchev–Trinajstić information content (AvgIpc) is 2.64. The van der Waals surface area contributed by atoms with Gasteiger partial charge in [-0.3, -0.25) is 4.79 Å². The van der Waals surface area contributed by atoms with E-state index in [0.717, 1.165) is 0 Å². The Labute approximate surface area is 90.2 Å². The monoisotopic (exact) mass is 216 g/mol. The molecule has 0 heterocycles. The Bertz CT molecular complexity index is 264. The molecule has 88 valence electrons. The number of aliphatic hydroxyl groups excluding tert-OH is 1. The summed E-state index contributed by atoms with van der Waals surface area (Å²) >= 11 is 0. The van der Waals surface area contributed by atoms with Gasteiger partial charge in [0.25, 0.3) is 0 Å². The fraction of sp³-hybridized carbons (Fsp3) is 0.909. The molecule has 4 heteroatoms. The van der Waals surface area contributed by atoms with E-state index >= 15 is 0 Å². The van der Waals surface area contributed by atoms with Crippen LogP contribution in [-0.4, -0.2) is 35.0 Å². The lowest BCUT2D eigenvalue weighted by atomic mass is 9.93. The zero-order valence-corrected chi connectivity index (χ0v) is 9.94. The smallest absolute Gasteiger partial charge is 0.309 e. The summed E-state index contributed by atoms with van der Waals surface area (Å²) in [7, 11) is 1.34. The van der Waals surface area contributed by atoms with Crippen molar-refractivity contribution >= 4 is 5.97 Å². The topological polar surface area (TPSA) is 66.8 Å². The lowest BCUT2D eigenvalue weighted by molar-refractivity contribution is -0.144. The summed E-state index contributed by atoms with van der Waals surface area (Å²) in [6.07, 6.45) is -0.906. The van der Waals surface area contributed by atoms with Gasteiger partial charge in [-0.1, -0.05) is 13.8 Å². The van der Waals surface area contributed by atoms with Crippen molar-refractivity contribution in [2.24, 2.45) is 17.3 Å². The minimum atomic E-state index is -1.19. The second kappa shape index (κ2) is 3.46. The molecule has 15 heavy (non-hydrogen) atoms. The molecular formula is C11H20O4. The first-order valence-corrected chi connectivity index (χ1v) is 5.12. The van der Waals surface area contributed by atoms with Gasteiger partial charge in [0.1, 0.15) is 0 Å². The van der Waals surface area contributed by atoms with E-state index in [-0.39, 0.29) is 23.2 Å². The normalized spacial score (nSPS) is 30.9. The highest BCUT2D eigenvalue weighted by molar-refractivity contribution is 5.77. The third-order valence-corrected chi connectivity index (χ3v) is 3.43. The van der Waals surface area contributed by atoms with Gasteiger partial charge in [0.2, 0.25) is 0 Å². The number of methoxy groups -OCH3 is 1. The molecule has 4 nitrogen and oxygen atoms in total. The predicted octanol–water partition coefficient (Wildman–Crippen LogP) is 0.563. The Morgan fingerprint density at radius 2 is 1.93 bits per heavy atom. The molecule has 2 N–H and O–H groups in total. The zero-order valence-electron chi connectivity index (χ0n) is 9.94. The van der Waals surface area contributed by atoms with Crippen LogP contribution in [0.2, 0.25) is 0 Å². The maximum atomic E-state index is 11.4. The highest BCUT2D eigenvalue weighted by atomic mass is 16.5. The Morgan fingerprint density at radius 1 is 1.47 bits per heavy atom. The van der Waals surface area contributed by atoms with Crippen LogP contribution in [0.3, 0.4) is 0 Å². The van der Waals surface area contributed by atoms with E-state index in [1.54, 1.807) is 13.8 Å². The van der Waals surface area contributed by atoms with Crippen molar-refractivity contribution in [3.63, 3.8) is 0 Å². The predicted molar refractivity (Wildman–Crippen MR) is 55.1 cm³/mol. The Balaban J connectivity index is 2.79. The number of aliphatic hydroxyl groups is 2. The molecule has 0 unspecified atom stereocenters. The maximum Gasteiger partial charge on any atom is 0.309 e. The molecule has 1 aliphatic rings. The highest BCUT2D eigenvalue weighted by Gasteiger charge is 2.67. The van der Waals surface area contributed by atoms with E-state index in [2.05, 4.69) is 4.74 Å². The van der Waals surface area contributed by atoms with Gasteiger partial charge in [-0.05, 0) is 19.3 Å². The zero-order chi connectivity index (χ0) is 12.0. The molecule has 0 aromatic rings. The Hall–Kier alpha value is -0.610. The standard InChI is InChI=1S/C11H20O4/c1-10(2)6(7(10)9(13)15-5)8(12)11(3,4)14/h6-8,12,14H,1-5H3/t6-,7+,8-/m1/s1. The van der Waals surface area contributed by atoms with Crippen molar-refractivity contribution in [1.29, 1.82) is 0 Å². The second-order valence-corrected chi connectivity index (χ2v) is 5.45. The number of carbonyl (C=O) groups excluding carboxylic acids is 1. The average molecular weight is 216 g/mol. The number of rotatable bonds is 3. The fourth-order valence-corrected chi connectivity index (χ4v) is 2.28. The summed E-state index contributed by atoms with van der Waals surface area (Å²) in [5.41, 5.74) is -1.49. The van der Waals surface area contributed by atoms with Gasteiger partial charge < -0.3 is 14.9 Å². The first-order valence-electron chi connectivity index (χ1n) is 5.12. The van der Waals surface area contributed by atoms with Gasteiger partial charge >= 0.3 is 5.97 Å². The molecule has 0 radical (unpaired) electrons. The molecule has 3 atom stereocenters. The van der Waals surface area contributed by atoms with Crippen molar-refractivity contribution in [2.45, 2.75) is 39.4 Å². The maximum absolute atomic E-state index is 11.4. The number of esters is 1. The number of hydrogen-bond donors (Lipinski definition) is 2. The SMILES string of the molecule is COC(=O)[C@@H]1[C@H]([C@@H](O)C(C)(C)O)C1(C)C. The van der Waals surface area contributed by atoms with Gasteiger partial charge in [0.15, 0.2) is 0 Å². The van der Waals surface area contributed by atoms with Crippen LogP contribution in [-0.2, 0) is 9.53 Å². The summed E-state index contributed by atoms with van der Waals surface area (Å²) in [5, 5.41) is 19.6. The first kappa shape index (κ1) is 12.5. The van der Waals surface area contributed by atoms with Crippen LogP contribution in [0, 0.1) is 17.3 Å². The van der Waals surface area contributed by atoms with Gasteiger partial charge in [-0.2, -0.15) is 0 Å². The summed E-state index contributed by atoms with van der Waals surface area (Å²) in [4.78, 5) is 11.4. The van der Waals surface area contributed by atoms with E-state index < -0.39 is 11.7 Å². The van der Waals surface area contributed by atoms with E-state index in [9.17, 15) is 15.0 Å². The van der Waals surface area contributed by atoms with Gasteiger partial charge in [-0.15, -0.1) is 0 Å². The quantitative estimate of drug-likeness (QED) is 0.677. The van der Waals surface area contributed by atoms with Crippen molar-refractivity contribution in [3.8, 4) is 0 Å². The molecule has 1 aliphatic carbocycles. The van der Waals surface area contributed by atoms with Crippen molar-refractivity contribution in [2.75, 3.05) is 7.11 Å². The minimum Gasteiger partial charge on any atom is -0.469 e. The van der Waals surface area contributed by atoms with Crippen molar-refractivity contribution in [1.82, 2.24) is 0 Å². The first-order chi connectivity index (χ1) is 6.64. The summed E-state index contributed by atoms with van der Waals surface area (Å²) in [6.45, 7) is 6.88. The van der Waals surface area contributed by atoms with Crippen LogP contribution < -0.4 is 0 Å². The van der Waals surface area contributed by atoms with E-state index in [1.807, 2.05) is 13.8 Å². The van der Waals surface area contributed by atoms with Crippen LogP contribution in [0.15, 0.2) is 0 Å². The number of carbonyl (C=O) groups is 1. The summed E-state index contributed by atoms with van der Waals surface area (Å²) in [6, 6.07) is 0. The molecule has 0 aromatic heterocycles. The van der Waals surface area contributed by atoms with Gasteiger partial charge in [0, 0.05) is 5.92 Å². The highest BCUT2D eigenvalue weighted by Crippen LogP contribution is 2.61. The summed E-state index contributed by atoms with van der Waals surface area (Å²) in [5.74, 6) is -0.859. The molecule has 1 fully saturated rings. The largest absolute Gasteiger partial charge is 0.469 e. The third-order valence-electron chi connectivity index (χ3n) is 3.43. The third kappa shape index (κ3) is 2.01. The molecule has 0 aliphatic heterocycles. The molecule has 0 amide bonds. The summed E-state index contributed by atoms with van der Waals surface area (Å²) < 4.78 is 4.67. The molecule has 1 saturated carbocycles. The van der Waals surface area contributed by atoms with E-state index in [1.165, 1.54) is 7.11 Å². The van der Waals surface area contributed by atoms with Crippen molar-refractivity contribution in [3.05, 3.63) is 0 Å². The molecule has 0 spiro atoms. The Morgan fingerprint density at radius 3 is 2.27 bits per heavy atom. The Kier molecular flexibility index (Phi) is 2.87. The van der Waals surface area contributed by atoms with Crippen molar-refractivity contribution < 1.29 is 19.7 Å². The lowest BCUT2D eigenvalue weighted by Gasteiger charge is -2.25. The van der Waals surface area contributed by atoms with Crippen LogP contribution in [0.5, 0.6) is 0 Å². The molecule has 1 rings (SSSR count). The number of ether oxygens (including phenoxy) is 1. The lowest BCUT2D eigenvalue weighted by Crippen LogP contribution is -2.39. The van der Waals surface area contributed by atoms with Crippen LogP contribution in [0.1, 0.15) is 27.7 Å². The molecule has 0 bridgehead atoms. The van der Waals surface area contributed by atoms with Gasteiger partial charge in [0.05, 0.1) is 24.7 Å². The number of hydrogen-bond acceptors (Lipinski definition) is 4. The molecule has 0 aromatic carbocycles. The van der Waals surface area contributed by atoms with E-state index in [4.69, 9.17) is 0 Å². The van der Waals surface area contributed by atoms with Gasteiger partial charge in [-0.25, -0.2) is 0 Å². The fourth-order valence-electron chi connectivity index (χ4n) is 2.28. The molecule has 0 saturated heterocycles. The van der Waals surface area contributed by atoms with Crippen LogP contribution in [0.4, 0.5) is 0 Å². The minimum absolute atomic E-state index is 0.232. The molecular weight excluding hydrogens is 196 g/mol. The van der Waals surface area contributed by atoms with E-state index in [0.29, 0.717) is 0 Å². The van der Waals surface area contributed by atoms with Crippen LogP contribution >= 0.6 is 0 Å². The van der Waals surface area contributed by atoms with Crippen LogP contribution in [0.25, 0.3) is 0 Å². The second-order valence-electron chi connectivity index (χ2n) is 5.45.